The van der Waals surface area contributed by atoms with Crippen LogP contribution in [0.15, 0.2) is 42.5 Å². The van der Waals surface area contributed by atoms with Crippen LogP contribution >= 0.6 is 0 Å². The smallest absolute Gasteiger partial charge is 0.335 e. The number of nitrogens with one attached hydrogen (secondary N) is 2. The minimum absolute atomic E-state index is 0.224. The van der Waals surface area contributed by atoms with E-state index in [2.05, 4.69) is 10.6 Å². The van der Waals surface area contributed by atoms with E-state index in [1.54, 1.807) is 12.1 Å². The number of para-hydroxylation sites is 1. The summed E-state index contributed by atoms with van der Waals surface area (Å²) in [5.41, 5.74) is 3.26. The Hall–Kier alpha value is -3.02. The van der Waals surface area contributed by atoms with Gasteiger partial charge in [0.05, 0.1) is 12.2 Å². The second-order valence-electron chi connectivity index (χ2n) is 6.03. The van der Waals surface area contributed by atoms with Gasteiger partial charge in [-0.05, 0) is 49.1 Å². The van der Waals surface area contributed by atoms with Gasteiger partial charge in [0.2, 0.25) is 0 Å². The van der Waals surface area contributed by atoms with Crippen molar-refractivity contribution in [3.63, 3.8) is 0 Å². The number of ether oxygens (including phenoxy) is 1. The predicted molar refractivity (Wildman–Crippen MR) is 99.7 cm³/mol. The van der Waals surface area contributed by atoms with E-state index in [0.717, 1.165) is 22.4 Å². The van der Waals surface area contributed by atoms with E-state index in [4.69, 9.17) is 9.84 Å². The SMILES string of the molecule is Cc1cccc(C)c1OCCCNC(=O)NCc1ccc(C(=O)O)cc1. The van der Waals surface area contributed by atoms with Crippen molar-refractivity contribution in [1.29, 1.82) is 0 Å². The highest BCUT2D eigenvalue weighted by atomic mass is 16.5. The Labute approximate surface area is 153 Å². The van der Waals surface area contributed by atoms with Gasteiger partial charge in [-0.3, -0.25) is 0 Å². The molecule has 2 rings (SSSR count). The zero-order valence-corrected chi connectivity index (χ0v) is 15.0. The molecule has 0 atom stereocenters. The molecule has 0 saturated carbocycles. The maximum absolute atomic E-state index is 11.8. The van der Waals surface area contributed by atoms with Crippen LogP contribution in [-0.2, 0) is 6.54 Å². The maximum Gasteiger partial charge on any atom is 0.335 e. The van der Waals surface area contributed by atoms with Crippen LogP contribution in [0.4, 0.5) is 4.79 Å². The Morgan fingerprint density at radius 3 is 2.27 bits per heavy atom. The number of benzene rings is 2. The van der Waals surface area contributed by atoms with E-state index in [9.17, 15) is 9.59 Å². The number of carbonyl (C=O) groups excluding carboxylic acids is 1. The number of carboxylic acid groups (broad SMARTS) is 1. The van der Waals surface area contributed by atoms with Crippen molar-refractivity contribution in [1.82, 2.24) is 10.6 Å². The maximum atomic E-state index is 11.8. The summed E-state index contributed by atoms with van der Waals surface area (Å²) in [6, 6.07) is 12.2. The van der Waals surface area contributed by atoms with Crippen LogP contribution in [0.5, 0.6) is 5.75 Å². The van der Waals surface area contributed by atoms with Gasteiger partial charge in [0.15, 0.2) is 0 Å². The number of urea groups is 1. The lowest BCUT2D eigenvalue weighted by Gasteiger charge is -2.12. The van der Waals surface area contributed by atoms with Gasteiger partial charge in [0.25, 0.3) is 0 Å². The highest BCUT2D eigenvalue weighted by Crippen LogP contribution is 2.22. The fourth-order valence-electron chi connectivity index (χ4n) is 2.49. The number of amides is 2. The van der Waals surface area contributed by atoms with E-state index in [1.807, 2.05) is 32.0 Å². The molecule has 138 valence electrons. The van der Waals surface area contributed by atoms with Gasteiger partial charge >= 0.3 is 12.0 Å². The first kappa shape index (κ1) is 19.3. The topological polar surface area (TPSA) is 87.7 Å². The molecule has 0 spiro atoms. The minimum atomic E-state index is -0.967. The lowest BCUT2D eigenvalue weighted by atomic mass is 10.1. The van der Waals surface area contributed by atoms with E-state index < -0.39 is 5.97 Å². The Balaban J connectivity index is 1.64. The summed E-state index contributed by atoms with van der Waals surface area (Å²) >= 11 is 0. The first-order chi connectivity index (χ1) is 12.5. The van der Waals surface area contributed by atoms with Crippen LogP contribution in [0, 0.1) is 13.8 Å². The van der Waals surface area contributed by atoms with Crippen LogP contribution < -0.4 is 15.4 Å². The molecule has 0 aliphatic rings. The van der Waals surface area contributed by atoms with Crippen LogP contribution in [-0.4, -0.2) is 30.3 Å². The lowest BCUT2D eigenvalue weighted by molar-refractivity contribution is 0.0697. The fraction of sp³-hybridized carbons (Fsp3) is 0.300. The standard InChI is InChI=1S/C20H24N2O4/c1-14-5-3-6-15(2)18(14)26-12-4-11-21-20(25)22-13-16-7-9-17(10-8-16)19(23)24/h3,5-10H,4,11-13H2,1-2H3,(H,23,24)(H2,21,22,25). The van der Waals surface area contributed by atoms with Gasteiger partial charge in [0, 0.05) is 13.1 Å². The summed E-state index contributed by atoms with van der Waals surface area (Å²) in [6.07, 6.45) is 0.703. The summed E-state index contributed by atoms with van der Waals surface area (Å²) in [5, 5.41) is 14.4. The fourth-order valence-corrected chi connectivity index (χ4v) is 2.49. The van der Waals surface area contributed by atoms with Crippen molar-refractivity contribution in [3.05, 3.63) is 64.7 Å². The minimum Gasteiger partial charge on any atom is -0.493 e. The molecule has 0 aliphatic heterocycles. The van der Waals surface area contributed by atoms with Crippen LogP contribution in [0.25, 0.3) is 0 Å². The molecular formula is C20H24N2O4. The molecule has 0 radical (unpaired) electrons. The number of rotatable bonds is 8. The van der Waals surface area contributed by atoms with Gasteiger partial charge in [-0.1, -0.05) is 30.3 Å². The summed E-state index contributed by atoms with van der Waals surface area (Å²) in [4.78, 5) is 22.6. The average Bonchev–Trinajstić information content (AvgIpc) is 2.62. The second-order valence-corrected chi connectivity index (χ2v) is 6.03. The van der Waals surface area contributed by atoms with Crippen molar-refractivity contribution in [2.75, 3.05) is 13.2 Å². The summed E-state index contributed by atoms with van der Waals surface area (Å²) in [7, 11) is 0. The van der Waals surface area contributed by atoms with Gasteiger partial charge in [0.1, 0.15) is 5.75 Å². The molecule has 0 unspecified atom stereocenters. The molecule has 6 heteroatoms. The molecule has 0 aromatic heterocycles. The molecule has 6 nitrogen and oxygen atoms in total. The number of aromatic carboxylic acids is 1. The van der Waals surface area contributed by atoms with Crippen molar-refractivity contribution >= 4 is 12.0 Å². The van der Waals surface area contributed by atoms with E-state index in [1.165, 1.54) is 12.1 Å². The van der Waals surface area contributed by atoms with Gasteiger partial charge in [-0.25, -0.2) is 9.59 Å². The molecule has 2 amide bonds. The average molecular weight is 356 g/mol. The Morgan fingerprint density at radius 2 is 1.65 bits per heavy atom. The van der Waals surface area contributed by atoms with Crippen LogP contribution in [0.1, 0.15) is 33.5 Å². The lowest BCUT2D eigenvalue weighted by Crippen LogP contribution is -2.36. The zero-order chi connectivity index (χ0) is 18.9. The molecule has 2 aromatic rings. The van der Waals surface area contributed by atoms with E-state index in [0.29, 0.717) is 26.1 Å². The van der Waals surface area contributed by atoms with Gasteiger partial charge < -0.3 is 20.5 Å². The third-order valence-corrected chi connectivity index (χ3v) is 3.92. The monoisotopic (exact) mass is 356 g/mol. The van der Waals surface area contributed by atoms with Gasteiger partial charge in [-0.15, -0.1) is 0 Å². The third-order valence-electron chi connectivity index (χ3n) is 3.92. The summed E-state index contributed by atoms with van der Waals surface area (Å²) in [5.74, 6) is -0.0629. The molecular weight excluding hydrogens is 332 g/mol. The number of aryl methyl sites for hydroxylation is 2. The van der Waals surface area contributed by atoms with Crippen molar-refractivity contribution in [2.45, 2.75) is 26.8 Å². The Morgan fingerprint density at radius 1 is 1.00 bits per heavy atom. The van der Waals surface area contributed by atoms with Crippen molar-refractivity contribution in [3.8, 4) is 5.75 Å². The molecule has 26 heavy (non-hydrogen) atoms. The number of carbonyl (C=O) groups is 2. The second kappa shape index (κ2) is 9.46. The Bertz CT molecular complexity index is 737. The number of hydrogen-bond acceptors (Lipinski definition) is 3. The molecule has 0 heterocycles. The molecule has 0 aliphatic carbocycles. The van der Waals surface area contributed by atoms with Gasteiger partial charge in [-0.2, -0.15) is 0 Å². The Kier molecular flexibility index (Phi) is 7.02. The zero-order valence-electron chi connectivity index (χ0n) is 15.0. The normalized spacial score (nSPS) is 10.2. The van der Waals surface area contributed by atoms with Crippen molar-refractivity contribution in [2.24, 2.45) is 0 Å². The molecule has 3 N–H and O–H groups in total. The summed E-state index contributed by atoms with van der Waals surface area (Å²) < 4.78 is 5.79. The first-order valence-electron chi connectivity index (χ1n) is 8.50. The predicted octanol–water partition coefficient (Wildman–Crippen LogP) is 3.27. The molecule has 0 bridgehead atoms. The third kappa shape index (κ3) is 5.81. The molecule has 2 aromatic carbocycles. The van der Waals surface area contributed by atoms with E-state index >= 15 is 0 Å². The summed E-state index contributed by atoms with van der Waals surface area (Å²) in [6.45, 7) is 5.40. The largest absolute Gasteiger partial charge is 0.493 e. The van der Waals surface area contributed by atoms with Crippen LogP contribution in [0.2, 0.25) is 0 Å². The highest BCUT2D eigenvalue weighted by Gasteiger charge is 2.05. The van der Waals surface area contributed by atoms with Crippen LogP contribution in [0.3, 0.4) is 0 Å². The highest BCUT2D eigenvalue weighted by molar-refractivity contribution is 5.87. The molecule has 0 saturated heterocycles. The van der Waals surface area contributed by atoms with Crippen molar-refractivity contribution < 1.29 is 19.4 Å². The first-order valence-corrected chi connectivity index (χ1v) is 8.50. The van der Waals surface area contributed by atoms with E-state index in [-0.39, 0.29) is 11.6 Å². The molecule has 0 fully saturated rings. The number of carboxylic acids is 1. The number of hydrogen-bond donors (Lipinski definition) is 3. The quantitative estimate of drug-likeness (QED) is 0.634.